The first-order valence-corrected chi connectivity index (χ1v) is 6.08. The van der Waals surface area contributed by atoms with Gasteiger partial charge in [-0.25, -0.2) is 0 Å². The molecule has 0 fully saturated rings. The van der Waals surface area contributed by atoms with Crippen LogP contribution in [0.3, 0.4) is 0 Å². The summed E-state index contributed by atoms with van der Waals surface area (Å²) in [4.78, 5) is 20.3. The second-order valence-corrected chi connectivity index (χ2v) is 4.72. The highest BCUT2D eigenvalue weighted by atomic mass is 79.9. The molecule has 2 N–H and O–H groups in total. The number of nitrogen functional groups attached to an aromatic ring is 1. The second kappa shape index (κ2) is 5.25. The highest BCUT2D eigenvalue weighted by Crippen LogP contribution is 2.27. The predicted molar refractivity (Wildman–Crippen MR) is 73.2 cm³/mol. The van der Waals surface area contributed by atoms with E-state index in [1.165, 1.54) is 23.0 Å². The Morgan fingerprint density at radius 2 is 2.00 bits per heavy atom. The number of nitro groups is 2. The van der Waals surface area contributed by atoms with Crippen molar-refractivity contribution >= 4 is 33.1 Å². The normalized spacial score (nSPS) is 10.4. The molecule has 0 amide bonds. The zero-order valence-electron chi connectivity index (χ0n) is 9.89. The van der Waals surface area contributed by atoms with Gasteiger partial charge in [0.2, 0.25) is 0 Å². The maximum absolute atomic E-state index is 10.8. The summed E-state index contributed by atoms with van der Waals surface area (Å²) in [5.41, 5.74) is 5.99. The SMILES string of the molecule is Nc1c(Cn2cc(Br)c([N+](=O)[O-])n2)cccc1[N+](=O)[O-]. The Bertz CT molecular complexity index is 699. The molecule has 0 aliphatic rings. The number of hydrogen-bond donors (Lipinski definition) is 1. The van der Waals surface area contributed by atoms with E-state index in [0.717, 1.165) is 0 Å². The van der Waals surface area contributed by atoms with Crippen LogP contribution >= 0.6 is 15.9 Å². The fourth-order valence-corrected chi connectivity index (χ4v) is 2.12. The zero-order chi connectivity index (χ0) is 14.9. The van der Waals surface area contributed by atoms with Gasteiger partial charge in [0.05, 0.1) is 22.8 Å². The third kappa shape index (κ3) is 2.59. The molecule has 1 heterocycles. The number of hydrogen-bond acceptors (Lipinski definition) is 6. The lowest BCUT2D eigenvalue weighted by Crippen LogP contribution is -2.06. The number of nitrogens with two attached hydrogens (primary N) is 1. The summed E-state index contributed by atoms with van der Waals surface area (Å²) >= 11 is 3.02. The molecule has 20 heavy (non-hydrogen) atoms. The summed E-state index contributed by atoms with van der Waals surface area (Å²) < 4.78 is 1.52. The van der Waals surface area contributed by atoms with Crippen LogP contribution in [0.2, 0.25) is 0 Å². The van der Waals surface area contributed by atoms with E-state index >= 15 is 0 Å². The van der Waals surface area contributed by atoms with Gasteiger partial charge in [0.15, 0.2) is 0 Å². The van der Waals surface area contributed by atoms with E-state index in [9.17, 15) is 20.2 Å². The third-order valence-electron chi connectivity index (χ3n) is 2.57. The van der Waals surface area contributed by atoms with Gasteiger partial charge in [0, 0.05) is 11.6 Å². The second-order valence-electron chi connectivity index (χ2n) is 3.86. The van der Waals surface area contributed by atoms with Crippen molar-refractivity contribution in [3.05, 3.63) is 54.7 Å². The van der Waals surface area contributed by atoms with Crippen LogP contribution in [0.25, 0.3) is 0 Å². The van der Waals surface area contributed by atoms with Crippen molar-refractivity contribution < 1.29 is 9.85 Å². The first-order chi connectivity index (χ1) is 9.40. The molecule has 2 rings (SSSR count). The van der Waals surface area contributed by atoms with Gasteiger partial charge in [0.25, 0.3) is 5.69 Å². The molecular formula is C10H8BrN5O4. The molecular weight excluding hydrogens is 334 g/mol. The summed E-state index contributed by atoms with van der Waals surface area (Å²) in [6.07, 6.45) is 1.41. The van der Waals surface area contributed by atoms with Crippen LogP contribution in [0.15, 0.2) is 28.9 Å². The summed E-state index contributed by atoms with van der Waals surface area (Å²) in [6.45, 7) is 0.0972. The van der Waals surface area contributed by atoms with Gasteiger partial charge >= 0.3 is 5.82 Å². The summed E-state index contributed by atoms with van der Waals surface area (Å²) in [5.74, 6) is -0.325. The van der Waals surface area contributed by atoms with Crippen LogP contribution in [0.1, 0.15) is 5.56 Å². The number of halogens is 1. The van der Waals surface area contributed by atoms with Gasteiger partial charge in [0.1, 0.15) is 10.2 Å². The van der Waals surface area contributed by atoms with Crippen LogP contribution in [0.4, 0.5) is 17.2 Å². The molecule has 0 unspecified atom stereocenters. The van der Waals surface area contributed by atoms with E-state index in [1.54, 1.807) is 6.07 Å². The lowest BCUT2D eigenvalue weighted by atomic mass is 10.1. The minimum Gasteiger partial charge on any atom is -0.393 e. The molecule has 0 spiro atoms. The average molecular weight is 342 g/mol. The van der Waals surface area contributed by atoms with Crippen molar-refractivity contribution in [2.75, 3.05) is 5.73 Å². The topological polar surface area (TPSA) is 130 Å². The summed E-state index contributed by atoms with van der Waals surface area (Å²) in [7, 11) is 0. The zero-order valence-corrected chi connectivity index (χ0v) is 11.5. The Kier molecular flexibility index (Phi) is 3.66. The minimum atomic E-state index is -0.628. The number of rotatable bonds is 4. The van der Waals surface area contributed by atoms with Crippen molar-refractivity contribution in [1.82, 2.24) is 9.78 Å². The lowest BCUT2D eigenvalue weighted by Gasteiger charge is -2.03. The molecule has 0 atom stereocenters. The number of para-hydroxylation sites is 1. The van der Waals surface area contributed by atoms with Crippen LogP contribution in [0, 0.1) is 20.2 Å². The Balaban J connectivity index is 2.35. The lowest BCUT2D eigenvalue weighted by molar-refractivity contribution is -0.390. The van der Waals surface area contributed by atoms with E-state index in [-0.39, 0.29) is 28.2 Å². The first-order valence-electron chi connectivity index (χ1n) is 5.29. The number of benzene rings is 1. The monoisotopic (exact) mass is 341 g/mol. The van der Waals surface area contributed by atoms with Gasteiger partial charge in [-0.05, 0) is 20.9 Å². The van der Waals surface area contributed by atoms with Gasteiger partial charge < -0.3 is 15.8 Å². The van der Waals surface area contributed by atoms with E-state index in [2.05, 4.69) is 21.0 Å². The number of nitro benzene ring substituents is 1. The average Bonchev–Trinajstić information content (AvgIpc) is 2.72. The summed E-state index contributed by atoms with van der Waals surface area (Å²) in [6, 6.07) is 4.39. The van der Waals surface area contributed by atoms with Gasteiger partial charge in [-0.15, -0.1) is 0 Å². The van der Waals surface area contributed by atoms with Crippen LogP contribution in [-0.2, 0) is 6.54 Å². The Morgan fingerprint density at radius 1 is 1.30 bits per heavy atom. The van der Waals surface area contributed by atoms with Crippen LogP contribution in [0.5, 0.6) is 0 Å². The standard InChI is InChI=1S/C10H8BrN5O4/c11-7-5-14(13-10(7)16(19)20)4-6-2-1-3-8(9(6)12)15(17)18/h1-3,5H,4,12H2. The molecule has 1 aromatic heterocycles. The van der Waals surface area contributed by atoms with E-state index < -0.39 is 9.85 Å². The molecule has 0 aliphatic heterocycles. The smallest absolute Gasteiger partial charge is 0.393 e. The number of aromatic nitrogens is 2. The van der Waals surface area contributed by atoms with Gasteiger partial charge in [-0.2, -0.15) is 4.68 Å². The van der Waals surface area contributed by atoms with Crippen molar-refractivity contribution in [3.8, 4) is 0 Å². The molecule has 1 aromatic carbocycles. The molecule has 0 saturated carbocycles. The van der Waals surface area contributed by atoms with Crippen molar-refractivity contribution in [2.45, 2.75) is 6.54 Å². The maximum atomic E-state index is 10.8. The molecule has 0 bridgehead atoms. The highest BCUT2D eigenvalue weighted by Gasteiger charge is 2.20. The number of anilines is 1. The summed E-state index contributed by atoms with van der Waals surface area (Å²) in [5, 5.41) is 25.2. The fraction of sp³-hybridized carbons (Fsp3) is 0.100. The Morgan fingerprint density at radius 3 is 2.55 bits per heavy atom. The first kappa shape index (κ1) is 13.9. The maximum Gasteiger partial charge on any atom is 0.404 e. The largest absolute Gasteiger partial charge is 0.404 e. The molecule has 0 aliphatic carbocycles. The van der Waals surface area contributed by atoms with Gasteiger partial charge in [-0.3, -0.25) is 10.1 Å². The molecule has 0 saturated heterocycles. The molecule has 104 valence electrons. The quantitative estimate of drug-likeness (QED) is 0.514. The Labute approximate surface area is 120 Å². The predicted octanol–water partition coefficient (Wildman–Crippen LogP) is 2.09. The minimum absolute atomic E-state index is 0.0202. The van der Waals surface area contributed by atoms with Gasteiger partial charge in [-0.1, -0.05) is 12.1 Å². The molecule has 0 radical (unpaired) electrons. The fourth-order valence-electron chi connectivity index (χ4n) is 1.66. The third-order valence-corrected chi connectivity index (χ3v) is 3.13. The van der Waals surface area contributed by atoms with Crippen LogP contribution < -0.4 is 5.73 Å². The molecule has 2 aromatic rings. The highest BCUT2D eigenvalue weighted by molar-refractivity contribution is 9.10. The van der Waals surface area contributed by atoms with Crippen molar-refractivity contribution in [2.24, 2.45) is 0 Å². The molecule has 9 nitrogen and oxygen atoms in total. The van der Waals surface area contributed by atoms with Crippen molar-refractivity contribution in [3.63, 3.8) is 0 Å². The van der Waals surface area contributed by atoms with Crippen LogP contribution in [-0.4, -0.2) is 19.6 Å². The van der Waals surface area contributed by atoms with E-state index in [0.29, 0.717) is 5.56 Å². The Hall–Kier alpha value is -2.49. The molecule has 10 heteroatoms. The van der Waals surface area contributed by atoms with E-state index in [1.807, 2.05) is 0 Å². The van der Waals surface area contributed by atoms with E-state index in [4.69, 9.17) is 5.73 Å². The number of nitrogens with zero attached hydrogens (tertiary/aromatic N) is 4. The van der Waals surface area contributed by atoms with Crippen molar-refractivity contribution in [1.29, 1.82) is 0 Å².